The highest BCUT2D eigenvalue weighted by atomic mass is 19.4. The number of hydrogen-bond acceptors (Lipinski definition) is 3. The van der Waals surface area contributed by atoms with Crippen molar-refractivity contribution in [3.63, 3.8) is 0 Å². The summed E-state index contributed by atoms with van der Waals surface area (Å²) in [6.07, 6.45) is -4.40. The van der Waals surface area contributed by atoms with Gasteiger partial charge in [0.05, 0.1) is 0 Å². The van der Waals surface area contributed by atoms with Gasteiger partial charge < -0.3 is 10.8 Å². The molecule has 0 amide bonds. The van der Waals surface area contributed by atoms with E-state index in [4.69, 9.17) is 5.11 Å². The zero-order chi connectivity index (χ0) is 12.3. The standard InChI is InChI=1S/C10H8F3NO2/c11-10(12,13)9(14)5-8(16)6-1-3-7(15)4-2-6/h1-5,15H,14H2/b9-5+. The van der Waals surface area contributed by atoms with Crippen LogP contribution in [0.1, 0.15) is 10.4 Å². The van der Waals surface area contributed by atoms with E-state index < -0.39 is 17.7 Å². The van der Waals surface area contributed by atoms with Crippen LogP contribution in [0.15, 0.2) is 36.0 Å². The highest BCUT2D eigenvalue weighted by Gasteiger charge is 2.32. The Kier molecular flexibility index (Phi) is 3.22. The molecule has 6 heteroatoms. The van der Waals surface area contributed by atoms with Gasteiger partial charge in [0.15, 0.2) is 5.78 Å². The number of phenolic OH excluding ortho intramolecular Hbond substituents is 1. The van der Waals surface area contributed by atoms with Gasteiger partial charge in [0, 0.05) is 11.6 Å². The second-order valence-corrected chi connectivity index (χ2v) is 3.01. The molecule has 16 heavy (non-hydrogen) atoms. The molecule has 0 spiro atoms. The van der Waals surface area contributed by atoms with Crippen molar-refractivity contribution in [2.45, 2.75) is 6.18 Å². The van der Waals surface area contributed by atoms with E-state index in [0.29, 0.717) is 6.08 Å². The Morgan fingerprint density at radius 1 is 1.25 bits per heavy atom. The minimum absolute atomic E-state index is 0.0185. The molecule has 0 saturated heterocycles. The summed E-state index contributed by atoms with van der Waals surface area (Å²) in [7, 11) is 0. The minimum Gasteiger partial charge on any atom is -0.508 e. The van der Waals surface area contributed by atoms with Gasteiger partial charge in [-0.1, -0.05) is 0 Å². The maximum absolute atomic E-state index is 12.0. The predicted molar refractivity (Wildman–Crippen MR) is 50.8 cm³/mol. The zero-order valence-corrected chi connectivity index (χ0v) is 7.95. The van der Waals surface area contributed by atoms with Gasteiger partial charge in [-0.25, -0.2) is 0 Å². The molecule has 0 aliphatic carbocycles. The smallest absolute Gasteiger partial charge is 0.430 e. The molecule has 86 valence electrons. The van der Waals surface area contributed by atoms with E-state index in [1.165, 1.54) is 24.3 Å². The second-order valence-electron chi connectivity index (χ2n) is 3.01. The Morgan fingerprint density at radius 3 is 2.19 bits per heavy atom. The van der Waals surface area contributed by atoms with E-state index in [-0.39, 0.29) is 11.3 Å². The van der Waals surface area contributed by atoms with Gasteiger partial charge in [-0.05, 0) is 24.3 Å². The second kappa shape index (κ2) is 4.26. The highest BCUT2D eigenvalue weighted by molar-refractivity contribution is 6.04. The lowest BCUT2D eigenvalue weighted by Gasteiger charge is -2.05. The lowest BCUT2D eigenvalue weighted by Crippen LogP contribution is -2.20. The van der Waals surface area contributed by atoms with Crippen molar-refractivity contribution in [2.24, 2.45) is 5.73 Å². The molecule has 0 fully saturated rings. The molecule has 0 unspecified atom stereocenters. The predicted octanol–water partition coefficient (Wildman–Crippen LogP) is 1.98. The number of nitrogens with two attached hydrogens (primary N) is 1. The Bertz CT molecular complexity index is 421. The van der Waals surface area contributed by atoms with E-state index in [2.05, 4.69) is 5.73 Å². The summed E-state index contributed by atoms with van der Waals surface area (Å²) in [4.78, 5) is 11.3. The molecular formula is C10H8F3NO2. The fourth-order valence-electron chi connectivity index (χ4n) is 0.932. The molecule has 0 saturated carbocycles. The van der Waals surface area contributed by atoms with Crippen molar-refractivity contribution < 1.29 is 23.1 Å². The molecule has 1 aromatic rings. The minimum atomic E-state index is -4.72. The average Bonchev–Trinajstić information content (AvgIpc) is 2.17. The molecule has 0 bridgehead atoms. The molecule has 0 aliphatic rings. The van der Waals surface area contributed by atoms with Crippen molar-refractivity contribution in [3.05, 3.63) is 41.6 Å². The summed E-state index contributed by atoms with van der Waals surface area (Å²) in [5.74, 6) is -0.945. The SMILES string of the molecule is N/C(=C/C(=O)c1ccc(O)cc1)C(F)(F)F. The van der Waals surface area contributed by atoms with Crippen molar-refractivity contribution >= 4 is 5.78 Å². The van der Waals surface area contributed by atoms with Crippen molar-refractivity contribution in [3.8, 4) is 5.75 Å². The summed E-state index contributed by atoms with van der Waals surface area (Å²) in [6.45, 7) is 0. The Labute approximate surface area is 89.0 Å². The summed E-state index contributed by atoms with van der Waals surface area (Å²) in [6, 6.07) is 4.81. The highest BCUT2D eigenvalue weighted by Crippen LogP contribution is 2.22. The van der Waals surface area contributed by atoms with Crippen molar-refractivity contribution in [2.75, 3.05) is 0 Å². The number of aromatic hydroxyl groups is 1. The van der Waals surface area contributed by atoms with Crippen molar-refractivity contribution in [1.29, 1.82) is 0 Å². The van der Waals surface area contributed by atoms with Gasteiger partial charge >= 0.3 is 6.18 Å². The molecule has 0 atom stereocenters. The van der Waals surface area contributed by atoms with Crippen LogP contribution < -0.4 is 5.73 Å². The third-order valence-electron chi connectivity index (χ3n) is 1.77. The molecule has 0 aliphatic heterocycles. The van der Waals surface area contributed by atoms with Crippen molar-refractivity contribution in [1.82, 2.24) is 0 Å². The Hall–Kier alpha value is -1.98. The van der Waals surface area contributed by atoms with Crippen LogP contribution in [-0.2, 0) is 0 Å². The fourth-order valence-corrected chi connectivity index (χ4v) is 0.932. The van der Waals surface area contributed by atoms with E-state index >= 15 is 0 Å². The fraction of sp³-hybridized carbons (Fsp3) is 0.100. The molecule has 3 N–H and O–H groups in total. The molecule has 3 nitrogen and oxygen atoms in total. The number of alkyl halides is 3. The lowest BCUT2D eigenvalue weighted by molar-refractivity contribution is -0.0927. The molecule has 0 aromatic heterocycles. The van der Waals surface area contributed by atoms with Crippen LogP contribution in [0.25, 0.3) is 0 Å². The maximum Gasteiger partial charge on any atom is 0.430 e. The number of carbonyl (C=O) groups is 1. The number of ketones is 1. The van der Waals surface area contributed by atoms with Gasteiger partial charge in [-0.2, -0.15) is 13.2 Å². The Balaban J connectivity index is 2.92. The zero-order valence-electron chi connectivity index (χ0n) is 7.95. The molecule has 0 radical (unpaired) electrons. The van der Waals surface area contributed by atoms with Crippen LogP contribution in [-0.4, -0.2) is 17.1 Å². The van der Waals surface area contributed by atoms with Gasteiger partial charge in [0.2, 0.25) is 0 Å². The summed E-state index contributed by atoms with van der Waals surface area (Å²) in [5.41, 5.74) is 3.25. The summed E-state index contributed by atoms with van der Waals surface area (Å²) in [5, 5.41) is 8.92. The number of hydrogen-bond donors (Lipinski definition) is 2. The number of phenols is 1. The van der Waals surface area contributed by atoms with Gasteiger partial charge in [-0.3, -0.25) is 4.79 Å². The maximum atomic E-state index is 12.0. The average molecular weight is 231 g/mol. The molecular weight excluding hydrogens is 223 g/mol. The lowest BCUT2D eigenvalue weighted by atomic mass is 10.1. The van der Waals surface area contributed by atoms with E-state index in [1.807, 2.05) is 0 Å². The summed E-state index contributed by atoms with van der Waals surface area (Å²) < 4.78 is 36.0. The largest absolute Gasteiger partial charge is 0.508 e. The Morgan fingerprint density at radius 2 is 1.75 bits per heavy atom. The first kappa shape index (κ1) is 12.1. The molecule has 1 aromatic carbocycles. The third kappa shape index (κ3) is 3.01. The monoisotopic (exact) mass is 231 g/mol. The quantitative estimate of drug-likeness (QED) is 0.604. The number of carbonyl (C=O) groups excluding carboxylic acids is 1. The number of rotatable bonds is 2. The first-order valence-electron chi connectivity index (χ1n) is 4.18. The van der Waals surface area contributed by atoms with E-state index in [0.717, 1.165) is 0 Å². The topological polar surface area (TPSA) is 63.3 Å². The number of halogens is 3. The van der Waals surface area contributed by atoms with Crippen LogP contribution in [0.5, 0.6) is 5.75 Å². The normalized spacial score (nSPS) is 12.6. The third-order valence-corrected chi connectivity index (χ3v) is 1.77. The van der Waals surface area contributed by atoms with Crippen LogP contribution in [0.3, 0.4) is 0 Å². The van der Waals surface area contributed by atoms with Crippen LogP contribution in [0.2, 0.25) is 0 Å². The van der Waals surface area contributed by atoms with Gasteiger partial charge in [-0.15, -0.1) is 0 Å². The summed E-state index contributed by atoms with van der Waals surface area (Å²) >= 11 is 0. The molecule has 1 rings (SSSR count). The van der Waals surface area contributed by atoms with Crippen LogP contribution >= 0.6 is 0 Å². The number of allylic oxidation sites excluding steroid dienone is 2. The van der Waals surface area contributed by atoms with Gasteiger partial charge in [0.1, 0.15) is 11.4 Å². The van der Waals surface area contributed by atoms with Gasteiger partial charge in [0.25, 0.3) is 0 Å². The first-order valence-corrected chi connectivity index (χ1v) is 4.18. The van der Waals surface area contributed by atoms with Crippen LogP contribution in [0.4, 0.5) is 13.2 Å². The first-order chi connectivity index (χ1) is 7.30. The number of benzene rings is 1. The van der Waals surface area contributed by atoms with E-state index in [1.54, 1.807) is 0 Å². The van der Waals surface area contributed by atoms with E-state index in [9.17, 15) is 18.0 Å². The van der Waals surface area contributed by atoms with Crippen LogP contribution in [0, 0.1) is 0 Å². The molecule has 0 heterocycles.